The second-order valence-electron chi connectivity index (χ2n) is 5.32. The van der Waals surface area contributed by atoms with Gasteiger partial charge in [-0.15, -0.1) is 0 Å². The van der Waals surface area contributed by atoms with E-state index in [-0.39, 0.29) is 4.90 Å². The van der Waals surface area contributed by atoms with Crippen molar-refractivity contribution >= 4 is 33.1 Å². The van der Waals surface area contributed by atoms with Crippen molar-refractivity contribution in [3.63, 3.8) is 0 Å². The lowest BCUT2D eigenvalue weighted by atomic mass is 10.3. The van der Waals surface area contributed by atoms with Crippen LogP contribution in [0.15, 0.2) is 84.0 Å². The SMILES string of the molecule is O=C(Nc1ccccc1)Nc1ccc(S(=O)(=O)Nc2cccnc2)cc1. The molecule has 0 saturated carbocycles. The first-order chi connectivity index (χ1) is 12.5. The molecule has 0 aliphatic carbocycles. The Bertz CT molecular complexity index is 976. The predicted molar refractivity (Wildman–Crippen MR) is 101 cm³/mol. The van der Waals surface area contributed by atoms with Crippen molar-refractivity contribution in [1.82, 2.24) is 4.98 Å². The summed E-state index contributed by atoms with van der Waals surface area (Å²) in [5, 5.41) is 5.32. The van der Waals surface area contributed by atoms with Gasteiger partial charge in [-0.25, -0.2) is 13.2 Å². The van der Waals surface area contributed by atoms with E-state index < -0.39 is 16.1 Å². The molecular formula is C18H16N4O3S. The number of aromatic nitrogens is 1. The van der Waals surface area contributed by atoms with E-state index in [9.17, 15) is 13.2 Å². The summed E-state index contributed by atoms with van der Waals surface area (Å²) >= 11 is 0. The summed E-state index contributed by atoms with van der Waals surface area (Å²) in [6, 6.07) is 17.7. The van der Waals surface area contributed by atoms with Crippen LogP contribution in [0, 0.1) is 0 Å². The van der Waals surface area contributed by atoms with Crippen molar-refractivity contribution in [2.45, 2.75) is 4.90 Å². The largest absolute Gasteiger partial charge is 0.323 e. The van der Waals surface area contributed by atoms with Gasteiger partial charge in [-0.1, -0.05) is 18.2 Å². The fourth-order valence-corrected chi connectivity index (χ4v) is 3.21. The van der Waals surface area contributed by atoms with Crippen LogP contribution in [0.3, 0.4) is 0 Å². The molecule has 1 heterocycles. The summed E-state index contributed by atoms with van der Waals surface area (Å²) in [6.45, 7) is 0. The number of rotatable bonds is 5. The number of carbonyl (C=O) groups excluding carboxylic acids is 1. The topological polar surface area (TPSA) is 100 Å². The van der Waals surface area contributed by atoms with E-state index in [4.69, 9.17) is 0 Å². The zero-order valence-corrected chi connectivity index (χ0v) is 14.4. The number of para-hydroxylation sites is 1. The van der Waals surface area contributed by atoms with E-state index in [1.807, 2.05) is 18.2 Å². The summed E-state index contributed by atoms with van der Waals surface area (Å²) in [7, 11) is -3.73. The van der Waals surface area contributed by atoms with Gasteiger partial charge in [0.2, 0.25) is 0 Å². The zero-order valence-electron chi connectivity index (χ0n) is 13.6. The maximum Gasteiger partial charge on any atom is 0.323 e. The predicted octanol–water partition coefficient (Wildman–Crippen LogP) is 3.53. The molecule has 0 saturated heterocycles. The number of urea groups is 1. The minimum absolute atomic E-state index is 0.0790. The third kappa shape index (κ3) is 4.58. The molecule has 0 radical (unpaired) electrons. The number of sulfonamides is 1. The van der Waals surface area contributed by atoms with E-state index in [0.717, 1.165) is 0 Å². The molecule has 0 aliphatic rings. The average molecular weight is 368 g/mol. The van der Waals surface area contributed by atoms with Gasteiger partial charge >= 0.3 is 6.03 Å². The van der Waals surface area contributed by atoms with Crippen LogP contribution in [0.2, 0.25) is 0 Å². The number of nitrogens with zero attached hydrogens (tertiary/aromatic N) is 1. The van der Waals surface area contributed by atoms with Crippen LogP contribution in [0.5, 0.6) is 0 Å². The Hall–Kier alpha value is -3.39. The number of hydrogen-bond donors (Lipinski definition) is 3. The van der Waals surface area contributed by atoms with Crippen LogP contribution in [-0.2, 0) is 10.0 Å². The second-order valence-corrected chi connectivity index (χ2v) is 7.00. The van der Waals surface area contributed by atoms with Crippen molar-refractivity contribution < 1.29 is 13.2 Å². The standard InChI is InChI=1S/C18H16N4O3S/c23-18(20-14-5-2-1-3-6-14)21-15-8-10-17(11-9-15)26(24,25)22-16-7-4-12-19-13-16/h1-13,22H,(H2,20,21,23). The fourth-order valence-electron chi connectivity index (χ4n) is 2.17. The van der Waals surface area contributed by atoms with Crippen LogP contribution in [0.1, 0.15) is 0 Å². The molecule has 0 aliphatic heterocycles. The van der Waals surface area contributed by atoms with E-state index in [1.165, 1.54) is 30.5 Å². The lowest BCUT2D eigenvalue weighted by Gasteiger charge is -2.10. The maximum absolute atomic E-state index is 12.3. The minimum Gasteiger partial charge on any atom is -0.308 e. The average Bonchev–Trinajstić information content (AvgIpc) is 2.63. The van der Waals surface area contributed by atoms with Crippen molar-refractivity contribution in [3.8, 4) is 0 Å². The van der Waals surface area contributed by atoms with Crippen LogP contribution in [0.4, 0.5) is 21.9 Å². The van der Waals surface area contributed by atoms with Crippen LogP contribution < -0.4 is 15.4 Å². The molecule has 0 fully saturated rings. The van der Waals surface area contributed by atoms with Gasteiger partial charge < -0.3 is 10.6 Å². The van der Waals surface area contributed by atoms with Gasteiger partial charge in [-0.3, -0.25) is 9.71 Å². The van der Waals surface area contributed by atoms with Gasteiger partial charge in [0.05, 0.1) is 16.8 Å². The molecule has 0 spiro atoms. The summed E-state index contributed by atoms with van der Waals surface area (Å²) < 4.78 is 27.1. The van der Waals surface area contributed by atoms with Gasteiger partial charge in [0.25, 0.3) is 10.0 Å². The maximum atomic E-state index is 12.3. The summed E-state index contributed by atoms with van der Waals surface area (Å²) in [6.07, 6.45) is 2.97. The molecule has 2 aromatic carbocycles. The van der Waals surface area contributed by atoms with E-state index in [2.05, 4.69) is 20.3 Å². The first-order valence-electron chi connectivity index (χ1n) is 7.69. The van der Waals surface area contributed by atoms with Crippen LogP contribution >= 0.6 is 0 Å². The Morgan fingerprint density at radius 2 is 1.38 bits per heavy atom. The Balaban J connectivity index is 1.65. The monoisotopic (exact) mass is 368 g/mol. The highest BCUT2D eigenvalue weighted by Gasteiger charge is 2.14. The number of carbonyl (C=O) groups is 1. The molecule has 0 unspecified atom stereocenters. The molecule has 1 aromatic heterocycles. The van der Waals surface area contributed by atoms with Crippen LogP contribution in [-0.4, -0.2) is 19.4 Å². The molecule has 8 heteroatoms. The molecule has 2 amide bonds. The Morgan fingerprint density at radius 3 is 2.00 bits per heavy atom. The first-order valence-corrected chi connectivity index (χ1v) is 9.17. The summed E-state index contributed by atoms with van der Waals surface area (Å²) in [5.41, 5.74) is 1.50. The number of hydrogen-bond acceptors (Lipinski definition) is 4. The third-order valence-electron chi connectivity index (χ3n) is 3.37. The van der Waals surface area contributed by atoms with Crippen molar-refractivity contribution in [2.24, 2.45) is 0 Å². The van der Waals surface area contributed by atoms with Crippen molar-refractivity contribution in [2.75, 3.05) is 15.4 Å². The molecule has 3 N–H and O–H groups in total. The van der Waals surface area contributed by atoms with Crippen molar-refractivity contribution in [1.29, 1.82) is 0 Å². The number of pyridine rings is 1. The molecular weight excluding hydrogens is 352 g/mol. The van der Waals surface area contributed by atoms with Gasteiger partial charge in [-0.05, 0) is 48.5 Å². The van der Waals surface area contributed by atoms with Gasteiger partial charge in [0.1, 0.15) is 0 Å². The summed E-state index contributed by atoms with van der Waals surface area (Å²) in [5.74, 6) is 0. The Morgan fingerprint density at radius 1 is 0.769 bits per heavy atom. The van der Waals surface area contributed by atoms with Gasteiger partial charge in [0, 0.05) is 17.6 Å². The van der Waals surface area contributed by atoms with Crippen molar-refractivity contribution in [3.05, 3.63) is 79.1 Å². The van der Waals surface area contributed by atoms with Gasteiger partial charge in [-0.2, -0.15) is 0 Å². The smallest absolute Gasteiger partial charge is 0.308 e. The van der Waals surface area contributed by atoms with Crippen LogP contribution in [0.25, 0.3) is 0 Å². The number of nitrogens with one attached hydrogen (secondary N) is 3. The highest BCUT2D eigenvalue weighted by Crippen LogP contribution is 2.18. The first kappa shape index (κ1) is 17.4. The van der Waals surface area contributed by atoms with E-state index in [1.54, 1.807) is 30.5 Å². The molecule has 3 rings (SSSR count). The Labute approximate surface area is 151 Å². The van der Waals surface area contributed by atoms with E-state index >= 15 is 0 Å². The second kappa shape index (κ2) is 7.66. The quantitative estimate of drug-likeness (QED) is 0.641. The number of benzene rings is 2. The van der Waals surface area contributed by atoms with E-state index in [0.29, 0.717) is 17.1 Å². The van der Waals surface area contributed by atoms with Gasteiger partial charge in [0.15, 0.2) is 0 Å². The minimum atomic E-state index is -3.73. The molecule has 132 valence electrons. The fraction of sp³-hybridized carbons (Fsp3) is 0. The zero-order chi connectivity index (χ0) is 18.4. The lowest BCUT2D eigenvalue weighted by Crippen LogP contribution is -2.19. The molecule has 26 heavy (non-hydrogen) atoms. The highest BCUT2D eigenvalue weighted by atomic mass is 32.2. The molecule has 3 aromatic rings. The third-order valence-corrected chi connectivity index (χ3v) is 4.77. The Kier molecular flexibility index (Phi) is 5.14. The molecule has 7 nitrogen and oxygen atoms in total. The molecule has 0 atom stereocenters. The lowest BCUT2D eigenvalue weighted by molar-refractivity contribution is 0.262. The summed E-state index contributed by atoms with van der Waals surface area (Å²) in [4.78, 5) is 15.9. The number of amides is 2. The normalized spacial score (nSPS) is 10.8. The highest BCUT2D eigenvalue weighted by molar-refractivity contribution is 7.92. The molecule has 0 bridgehead atoms. The number of anilines is 3.